The Hall–Kier alpha value is -3.86. The van der Waals surface area contributed by atoms with Gasteiger partial charge in [-0.1, -0.05) is 69.3 Å². The van der Waals surface area contributed by atoms with Crippen LogP contribution in [-0.2, 0) is 26.3 Å². The number of nitrogens with one attached hydrogen (secondary N) is 2. The molecule has 1 spiro atoms. The Balaban J connectivity index is 1.54. The number of alkyl carbamates (subject to hydrolysis) is 1. The molecule has 1 fully saturated rings. The lowest BCUT2D eigenvalue weighted by atomic mass is 9.80. The molecule has 8 heteroatoms. The van der Waals surface area contributed by atoms with E-state index in [0.29, 0.717) is 5.69 Å². The molecule has 0 aromatic heterocycles. The molecular formula is C26H28N4O4. The predicted molar refractivity (Wildman–Crippen MR) is 125 cm³/mol. The Morgan fingerprint density at radius 2 is 1.88 bits per heavy atom. The third-order valence-electron chi connectivity index (χ3n) is 6.50. The van der Waals surface area contributed by atoms with E-state index in [1.165, 1.54) is 4.90 Å². The Bertz CT molecular complexity index is 1150. The van der Waals surface area contributed by atoms with Crippen LogP contribution < -0.4 is 10.6 Å². The summed E-state index contributed by atoms with van der Waals surface area (Å²) in [5, 5.41) is 15.4. The van der Waals surface area contributed by atoms with E-state index in [1.54, 1.807) is 0 Å². The lowest BCUT2D eigenvalue weighted by molar-refractivity contribution is -0.136. The maximum absolute atomic E-state index is 13.7. The van der Waals surface area contributed by atoms with Gasteiger partial charge in [-0.25, -0.2) is 4.79 Å². The lowest BCUT2D eigenvalue weighted by Gasteiger charge is -2.34. The third-order valence-corrected chi connectivity index (χ3v) is 6.50. The van der Waals surface area contributed by atoms with Crippen molar-refractivity contribution in [1.29, 1.82) is 5.26 Å². The number of fused-ring (bicyclic) bond motifs is 2. The first-order valence-corrected chi connectivity index (χ1v) is 11.2. The highest BCUT2D eigenvalue weighted by Gasteiger charge is 2.57. The fourth-order valence-electron chi connectivity index (χ4n) is 4.68. The van der Waals surface area contributed by atoms with Crippen molar-refractivity contribution in [2.24, 2.45) is 5.41 Å². The molecule has 0 saturated carbocycles. The van der Waals surface area contributed by atoms with E-state index >= 15 is 0 Å². The molecule has 176 valence electrons. The van der Waals surface area contributed by atoms with Gasteiger partial charge in [0.2, 0.25) is 11.8 Å². The van der Waals surface area contributed by atoms with Crippen LogP contribution in [0.25, 0.3) is 0 Å². The summed E-state index contributed by atoms with van der Waals surface area (Å²) in [7, 11) is 0. The maximum Gasteiger partial charge on any atom is 0.408 e. The smallest absolute Gasteiger partial charge is 0.408 e. The first-order chi connectivity index (χ1) is 16.2. The van der Waals surface area contributed by atoms with Crippen molar-refractivity contribution in [3.8, 4) is 6.07 Å². The molecule has 2 aliphatic heterocycles. The number of nitrogens with zero attached hydrogens (tertiary/aromatic N) is 2. The predicted octanol–water partition coefficient (Wildman–Crippen LogP) is 3.34. The molecule has 2 N–H and O–H groups in total. The zero-order chi connectivity index (χ0) is 24.5. The largest absolute Gasteiger partial charge is 0.445 e. The average Bonchev–Trinajstić information content (AvgIpc) is 3.34. The summed E-state index contributed by atoms with van der Waals surface area (Å²) in [4.78, 5) is 40.7. The van der Waals surface area contributed by atoms with Crippen LogP contribution in [0.4, 0.5) is 10.5 Å². The first kappa shape index (κ1) is 23.3. The number of carbonyl (C=O) groups is 3. The molecule has 2 aromatic carbocycles. The summed E-state index contributed by atoms with van der Waals surface area (Å²) in [6.07, 6.45) is -0.517. The Morgan fingerprint density at radius 1 is 1.21 bits per heavy atom. The van der Waals surface area contributed by atoms with Gasteiger partial charge in [0.15, 0.2) is 0 Å². The molecule has 0 bridgehead atoms. The molecule has 3 atom stereocenters. The van der Waals surface area contributed by atoms with Crippen molar-refractivity contribution < 1.29 is 19.1 Å². The highest BCUT2D eigenvalue weighted by atomic mass is 16.5. The van der Waals surface area contributed by atoms with E-state index in [-0.39, 0.29) is 25.5 Å². The van der Waals surface area contributed by atoms with Gasteiger partial charge in [-0.15, -0.1) is 0 Å². The van der Waals surface area contributed by atoms with Gasteiger partial charge < -0.3 is 20.3 Å². The van der Waals surface area contributed by atoms with Gasteiger partial charge in [0, 0.05) is 18.7 Å². The number of hydrogen-bond acceptors (Lipinski definition) is 5. The third kappa shape index (κ3) is 4.21. The van der Waals surface area contributed by atoms with Crippen molar-refractivity contribution in [3.05, 3.63) is 65.7 Å². The molecule has 1 unspecified atom stereocenters. The van der Waals surface area contributed by atoms with Crippen molar-refractivity contribution in [3.63, 3.8) is 0 Å². The van der Waals surface area contributed by atoms with Crippen LogP contribution in [0.15, 0.2) is 54.6 Å². The van der Waals surface area contributed by atoms with Crippen molar-refractivity contribution in [2.45, 2.75) is 51.3 Å². The van der Waals surface area contributed by atoms with Gasteiger partial charge in [0.05, 0.1) is 11.5 Å². The molecule has 2 heterocycles. The molecule has 34 heavy (non-hydrogen) atoms. The number of likely N-dealkylation sites (tertiary alicyclic amines) is 1. The van der Waals surface area contributed by atoms with Crippen LogP contribution in [0, 0.1) is 16.7 Å². The van der Waals surface area contributed by atoms with Crippen LogP contribution in [-0.4, -0.2) is 41.4 Å². The number of nitriles is 1. The van der Waals surface area contributed by atoms with Gasteiger partial charge in [-0.2, -0.15) is 5.26 Å². The average molecular weight is 461 g/mol. The Morgan fingerprint density at radius 3 is 2.56 bits per heavy atom. The zero-order valence-corrected chi connectivity index (χ0v) is 19.5. The first-order valence-electron chi connectivity index (χ1n) is 11.2. The Labute approximate surface area is 198 Å². The van der Waals surface area contributed by atoms with E-state index in [4.69, 9.17) is 4.74 Å². The minimum atomic E-state index is -0.983. The monoisotopic (exact) mass is 460 g/mol. The number of anilines is 1. The summed E-state index contributed by atoms with van der Waals surface area (Å²) in [6.45, 7) is 5.64. The van der Waals surface area contributed by atoms with E-state index in [2.05, 4.69) is 16.7 Å². The molecule has 2 aliphatic rings. The van der Waals surface area contributed by atoms with E-state index < -0.39 is 34.9 Å². The molecule has 4 rings (SSSR count). The SMILES string of the molecule is CC(C)(C)C(NC(=O)OCc1ccccc1)C(=O)N1C[C@]2(C[C@H]1C#N)C(=O)Nc1ccccc12. The van der Waals surface area contributed by atoms with E-state index in [9.17, 15) is 19.6 Å². The van der Waals surface area contributed by atoms with Gasteiger partial charge in [-0.05, 0) is 22.6 Å². The minimum Gasteiger partial charge on any atom is -0.445 e. The second-order valence-corrected chi connectivity index (χ2v) is 9.90. The second kappa shape index (κ2) is 8.82. The quantitative estimate of drug-likeness (QED) is 0.727. The van der Waals surface area contributed by atoms with Crippen LogP contribution in [0.3, 0.4) is 0 Å². The van der Waals surface area contributed by atoms with Crippen molar-refractivity contribution >= 4 is 23.6 Å². The number of ether oxygens (including phenoxy) is 1. The number of hydrogen-bond donors (Lipinski definition) is 2. The standard InChI is InChI=1S/C26H28N4O4/c1-25(2,3)21(29-24(33)34-15-17-9-5-4-6-10-17)22(31)30-16-26(13-18(30)14-27)19-11-7-8-12-20(19)28-23(26)32/h4-12,18,21H,13,15-16H2,1-3H3,(H,28,32)(H,29,33)/t18-,21?,26-/m0/s1. The normalized spacial score (nSPS) is 22.0. The fraction of sp³-hybridized carbons (Fsp3) is 0.385. The topological polar surface area (TPSA) is 112 Å². The summed E-state index contributed by atoms with van der Waals surface area (Å²) in [5.41, 5.74) is 0.678. The minimum absolute atomic E-state index is 0.0697. The van der Waals surface area contributed by atoms with E-state index in [1.807, 2.05) is 75.4 Å². The van der Waals surface area contributed by atoms with Crippen LogP contribution in [0.2, 0.25) is 0 Å². The summed E-state index contributed by atoms with van der Waals surface area (Å²) < 4.78 is 5.33. The Kier molecular flexibility index (Phi) is 6.05. The van der Waals surface area contributed by atoms with Gasteiger partial charge >= 0.3 is 6.09 Å². The second-order valence-electron chi connectivity index (χ2n) is 9.90. The van der Waals surface area contributed by atoms with Crippen LogP contribution >= 0.6 is 0 Å². The van der Waals surface area contributed by atoms with Gasteiger partial charge in [-0.3, -0.25) is 9.59 Å². The van der Waals surface area contributed by atoms with E-state index in [0.717, 1.165) is 11.1 Å². The molecule has 2 aromatic rings. The zero-order valence-electron chi connectivity index (χ0n) is 19.5. The summed E-state index contributed by atoms with van der Waals surface area (Å²) >= 11 is 0. The van der Waals surface area contributed by atoms with Gasteiger partial charge in [0.25, 0.3) is 0 Å². The number of rotatable bonds is 4. The number of carbonyl (C=O) groups excluding carboxylic acids is 3. The number of para-hydroxylation sites is 1. The molecule has 0 aliphatic carbocycles. The van der Waals surface area contributed by atoms with Crippen molar-refractivity contribution in [1.82, 2.24) is 10.2 Å². The van der Waals surface area contributed by atoms with Crippen molar-refractivity contribution in [2.75, 3.05) is 11.9 Å². The summed E-state index contributed by atoms with van der Waals surface area (Å²) in [5.74, 6) is -0.628. The molecule has 1 saturated heterocycles. The highest BCUT2D eigenvalue weighted by molar-refractivity contribution is 6.07. The van der Waals surface area contributed by atoms with Crippen LogP contribution in [0.1, 0.15) is 38.3 Å². The summed E-state index contributed by atoms with van der Waals surface area (Å²) in [6, 6.07) is 17.0. The fourth-order valence-corrected chi connectivity index (χ4v) is 4.68. The highest BCUT2D eigenvalue weighted by Crippen LogP contribution is 2.46. The maximum atomic E-state index is 13.7. The molecular weight excluding hydrogens is 432 g/mol. The molecule has 3 amide bonds. The molecule has 0 radical (unpaired) electrons. The number of amides is 3. The molecule has 8 nitrogen and oxygen atoms in total. The van der Waals surface area contributed by atoms with Crippen LogP contribution in [0.5, 0.6) is 0 Å². The van der Waals surface area contributed by atoms with Gasteiger partial charge in [0.1, 0.15) is 18.7 Å². The lowest BCUT2D eigenvalue weighted by Crippen LogP contribution is -2.56. The number of benzene rings is 2.